The molecule has 0 fully saturated rings. The predicted molar refractivity (Wildman–Crippen MR) is 81.2 cm³/mol. The second-order valence-corrected chi connectivity index (χ2v) is 5.99. The van der Waals surface area contributed by atoms with Crippen molar-refractivity contribution in [2.24, 2.45) is 0 Å². The van der Waals surface area contributed by atoms with Crippen molar-refractivity contribution in [3.05, 3.63) is 65.0 Å². The van der Waals surface area contributed by atoms with Gasteiger partial charge >= 0.3 is 0 Å². The van der Waals surface area contributed by atoms with Crippen molar-refractivity contribution >= 4 is 11.8 Å². The molecule has 98 valence electrons. The van der Waals surface area contributed by atoms with Gasteiger partial charge in [0.05, 0.1) is 0 Å². The number of hydrogen-bond donors (Lipinski definition) is 1. The highest BCUT2D eigenvalue weighted by molar-refractivity contribution is 7.98. The summed E-state index contributed by atoms with van der Waals surface area (Å²) in [4.78, 5) is 4.34. The first-order chi connectivity index (χ1) is 9.33. The molecule has 0 saturated carbocycles. The summed E-state index contributed by atoms with van der Waals surface area (Å²) in [6.07, 6.45) is 1.96. The fourth-order valence-electron chi connectivity index (χ4n) is 2.40. The van der Waals surface area contributed by atoms with Crippen LogP contribution in [0.1, 0.15) is 28.4 Å². The number of aromatic nitrogens is 1. The lowest BCUT2D eigenvalue weighted by atomic mass is 10.0. The highest BCUT2D eigenvalue weighted by Crippen LogP contribution is 2.31. The van der Waals surface area contributed by atoms with E-state index in [1.165, 1.54) is 16.7 Å². The summed E-state index contributed by atoms with van der Waals surface area (Å²) in [6, 6.07) is 13.4. The molecule has 19 heavy (non-hydrogen) atoms. The normalized spacial score (nSPS) is 18.1. The van der Waals surface area contributed by atoms with E-state index in [1.54, 1.807) is 0 Å². The van der Waals surface area contributed by atoms with Gasteiger partial charge in [-0.1, -0.05) is 30.3 Å². The molecule has 0 bridgehead atoms. The summed E-state index contributed by atoms with van der Waals surface area (Å²) in [6.45, 7) is 2.90. The first kappa shape index (κ1) is 12.7. The molecular formula is C16H18N2S. The predicted octanol–water partition coefficient (Wildman–Crippen LogP) is 3.47. The van der Waals surface area contributed by atoms with Crippen LogP contribution >= 0.6 is 11.8 Å². The molecule has 3 rings (SSSR count). The van der Waals surface area contributed by atoms with E-state index in [9.17, 15) is 0 Å². The van der Waals surface area contributed by atoms with Crippen molar-refractivity contribution < 1.29 is 0 Å². The highest BCUT2D eigenvalue weighted by atomic mass is 32.2. The third-order valence-corrected chi connectivity index (χ3v) is 4.58. The maximum atomic E-state index is 4.34. The van der Waals surface area contributed by atoms with Gasteiger partial charge in [-0.25, -0.2) is 0 Å². The largest absolute Gasteiger partial charge is 0.305 e. The van der Waals surface area contributed by atoms with Crippen molar-refractivity contribution in [3.8, 4) is 0 Å². The van der Waals surface area contributed by atoms with Gasteiger partial charge in [-0.05, 0) is 29.7 Å². The third-order valence-electron chi connectivity index (χ3n) is 3.50. The van der Waals surface area contributed by atoms with Crippen LogP contribution in [0.2, 0.25) is 0 Å². The second kappa shape index (κ2) is 5.76. The molecule has 2 aromatic rings. The summed E-state index contributed by atoms with van der Waals surface area (Å²) >= 11 is 2.01. The Morgan fingerprint density at radius 1 is 1.26 bits per heavy atom. The van der Waals surface area contributed by atoms with E-state index in [2.05, 4.69) is 46.7 Å². The third kappa shape index (κ3) is 2.99. The fourth-order valence-corrected chi connectivity index (χ4v) is 3.53. The topological polar surface area (TPSA) is 24.9 Å². The minimum absolute atomic E-state index is 0.455. The molecule has 1 atom stereocenters. The highest BCUT2D eigenvalue weighted by Gasteiger charge is 2.19. The molecule has 3 heteroatoms. The second-order valence-electron chi connectivity index (χ2n) is 4.96. The zero-order valence-electron chi connectivity index (χ0n) is 11.1. The number of benzene rings is 1. The number of aryl methyl sites for hydroxylation is 1. The molecule has 1 aromatic heterocycles. The fraction of sp³-hybridized carbons (Fsp3) is 0.312. The molecule has 0 radical (unpaired) electrons. The van der Waals surface area contributed by atoms with E-state index in [0.717, 1.165) is 23.7 Å². The van der Waals surface area contributed by atoms with Crippen molar-refractivity contribution in [2.75, 3.05) is 5.75 Å². The molecular weight excluding hydrogens is 252 g/mol. The first-order valence-corrected chi connectivity index (χ1v) is 7.79. The van der Waals surface area contributed by atoms with E-state index in [-0.39, 0.29) is 0 Å². The van der Waals surface area contributed by atoms with Crippen LogP contribution in [0.3, 0.4) is 0 Å². The molecule has 0 aliphatic carbocycles. The van der Waals surface area contributed by atoms with Gasteiger partial charge < -0.3 is 5.32 Å². The van der Waals surface area contributed by atoms with Gasteiger partial charge in [0.15, 0.2) is 0 Å². The lowest BCUT2D eigenvalue weighted by Gasteiger charge is -2.26. The van der Waals surface area contributed by atoms with E-state index in [4.69, 9.17) is 0 Å². The summed E-state index contributed by atoms with van der Waals surface area (Å²) in [5.74, 6) is 2.29. The van der Waals surface area contributed by atoms with E-state index >= 15 is 0 Å². The summed E-state index contributed by atoms with van der Waals surface area (Å²) in [5, 5.41) is 3.65. The molecule has 1 aliphatic heterocycles. The van der Waals surface area contributed by atoms with Gasteiger partial charge in [0.1, 0.15) is 0 Å². The first-order valence-electron chi connectivity index (χ1n) is 6.63. The maximum absolute atomic E-state index is 4.34. The Morgan fingerprint density at radius 3 is 3.00 bits per heavy atom. The average Bonchev–Trinajstić information content (AvgIpc) is 2.47. The van der Waals surface area contributed by atoms with Crippen molar-refractivity contribution in [2.45, 2.75) is 25.3 Å². The number of fused-ring (bicyclic) bond motifs is 1. The lowest BCUT2D eigenvalue weighted by Crippen LogP contribution is -2.26. The van der Waals surface area contributed by atoms with Crippen LogP contribution < -0.4 is 5.32 Å². The Labute approximate surface area is 118 Å². The number of pyridine rings is 1. The molecule has 2 heterocycles. The summed E-state index contributed by atoms with van der Waals surface area (Å²) in [5.41, 5.74) is 5.25. The zero-order valence-corrected chi connectivity index (χ0v) is 11.9. The van der Waals surface area contributed by atoms with Crippen molar-refractivity contribution in [1.29, 1.82) is 0 Å². The Bertz CT molecular complexity index is 551. The Kier molecular flexibility index (Phi) is 3.85. The van der Waals surface area contributed by atoms with E-state index < -0.39 is 0 Å². The van der Waals surface area contributed by atoms with Gasteiger partial charge in [-0.15, -0.1) is 0 Å². The quantitative estimate of drug-likeness (QED) is 0.924. The molecule has 1 aromatic carbocycles. The molecule has 0 amide bonds. The number of rotatable bonds is 3. The van der Waals surface area contributed by atoms with E-state index in [0.29, 0.717) is 6.04 Å². The number of hydrogen-bond acceptors (Lipinski definition) is 3. The molecule has 0 saturated heterocycles. The average molecular weight is 270 g/mol. The van der Waals surface area contributed by atoms with Crippen LogP contribution in [0, 0.1) is 6.92 Å². The Hall–Kier alpha value is -1.32. The molecule has 0 spiro atoms. The van der Waals surface area contributed by atoms with Crippen LogP contribution in [-0.4, -0.2) is 10.7 Å². The van der Waals surface area contributed by atoms with Crippen LogP contribution in [0.15, 0.2) is 42.6 Å². The minimum Gasteiger partial charge on any atom is -0.305 e. The molecule has 1 unspecified atom stereocenters. The number of nitrogens with zero attached hydrogens (tertiary/aromatic N) is 1. The van der Waals surface area contributed by atoms with Gasteiger partial charge in [-0.3, -0.25) is 4.98 Å². The van der Waals surface area contributed by atoms with E-state index in [1.807, 2.05) is 24.9 Å². The number of nitrogens with one attached hydrogen (secondary N) is 1. The maximum Gasteiger partial charge on any atom is 0.0417 e. The molecule has 2 nitrogen and oxygen atoms in total. The van der Waals surface area contributed by atoms with Gasteiger partial charge in [0.2, 0.25) is 0 Å². The van der Waals surface area contributed by atoms with Crippen molar-refractivity contribution in [3.63, 3.8) is 0 Å². The van der Waals surface area contributed by atoms with Gasteiger partial charge in [0.25, 0.3) is 0 Å². The van der Waals surface area contributed by atoms with Gasteiger partial charge in [0, 0.05) is 36.0 Å². The standard InChI is InChI=1S/C16H18N2S/c1-12-6-7-13(8-17-12)9-18-16-11-19-10-14-4-2-3-5-15(14)16/h2-8,16,18H,9-11H2,1H3. The molecule has 1 aliphatic rings. The summed E-state index contributed by atoms with van der Waals surface area (Å²) < 4.78 is 0. The van der Waals surface area contributed by atoms with Crippen LogP contribution in [0.4, 0.5) is 0 Å². The SMILES string of the molecule is Cc1ccc(CNC2CSCc3ccccc32)cn1. The number of thioether (sulfide) groups is 1. The Balaban J connectivity index is 1.69. The molecule has 1 N–H and O–H groups in total. The van der Waals surface area contributed by atoms with Crippen LogP contribution in [0.5, 0.6) is 0 Å². The smallest absolute Gasteiger partial charge is 0.0417 e. The lowest BCUT2D eigenvalue weighted by molar-refractivity contribution is 0.574. The summed E-state index contributed by atoms with van der Waals surface area (Å²) in [7, 11) is 0. The monoisotopic (exact) mass is 270 g/mol. The van der Waals surface area contributed by atoms with Crippen LogP contribution in [-0.2, 0) is 12.3 Å². The van der Waals surface area contributed by atoms with Crippen LogP contribution in [0.25, 0.3) is 0 Å². The zero-order chi connectivity index (χ0) is 13.1. The Morgan fingerprint density at radius 2 is 2.16 bits per heavy atom. The minimum atomic E-state index is 0.455. The van der Waals surface area contributed by atoms with Gasteiger partial charge in [-0.2, -0.15) is 11.8 Å². The van der Waals surface area contributed by atoms with Crippen molar-refractivity contribution in [1.82, 2.24) is 10.3 Å².